The van der Waals surface area contributed by atoms with Gasteiger partial charge in [0.25, 0.3) is 0 Å². The molecule has 4 nitrogen and oxygen atoms in total. The van der Waals surface area contributed by atoms with E-state index < -0.39 is 33.3 Å². The quantitative estimate of drug-likeness (QED) is 0.906. The van der Waals surface area contributed by atoms with E-state index in [1.165, 1.54) is 6.07 Å². The molecule has 1 N–H and O–H groups in total. The van der Waals surface area contributed by atoms with Crippen molar-refractivity contribution >= 4 is 10.0 Å². The molecule has 0 atom stereocenters. The fourth-order valence-corrected chi connectivity index (χ4v) is 2.72. The number of sulfonamides is 1. The second kappa shape index (κ2) is 5.25. The molecule has 0 bridgehead atoms. The Balaban J connectivity index is 3.34. The van der Waals surface area contributed by atoms with Crippen LogP contribution in [0.3, 0.4) is 0 Å². The van der Waals surface area contributed by atoms with Crippen molar-refractivity contribution in [1.82, 2.24) is 4.31 Å². The molecule has 0 aliphatic heterocycles. The Kier molecular flexibility index (Phi) is 4.36. The van der Waals surface area contributed by atoms with Gasteiger partial charge in [-0.1, -0.05) is 12.1 Å². The van der Waals surface area contributed by atoms with Crippen LogP contribution in [0, 0.1) is 0 Å². The molecule has 0 spiro atoms. The first-order valence-electron chi connectivity index (χ1n) is 4.94. The summed E-state index contributed by atoms with van der Waals surface area (Å²) in [5, 5.41) is 8.65. The number of nitrogens with zero attached hydrogens (tertiary/aromatic N) is 1. The van der Waals surface area contributed by atoms with Gasteiger partial charge in [-0.2, -0.15) is 17.5 Å². The van der Waals surface area contributed by atoms with Gasteiger partial charge < -0.3 is 5.11 Å². The molecule has 0 fully saturated rings. The predicted molar refractivity (Wildman–Crippen MR) is 58.3 cm³/mol. The lowest BCUT2D eigenvalue weighted by molar-refractivity contribution is -0.139. The molecular weight excluding hydrogens is 271 g/mol. The van der Waals surface area contributed by atoms with E-state index in [0.717, 1.165) is 19.2 Å². The van der Waals surface area contributed by atoms with Gasteiger partial charge in [-0.15, -0.1) is 0 Å². The molecule has 0 heterocycles. The minimum absolute atomic E-state index is 0.269. The summed E-state index contributed by atoms with van der Waals surface area (Å²) in [7, 11) is -3.15. The van der Waals surface area contributed by atoms with Gasteiger partial charge in [-0.05, 0) is 12.1 Å². The molecule has 8 heteroatoms. The van der Waals surface area contributed by atoms with Crippen LogP contribution in [-0.2, 0) is 16.2 Å². The molecule has 18 heavy (non-hydrogen) atoms. The zero-order valence-electron chi connectivity index (χ0n) is 9.48. The number of rotatable bonds is 4. The highest BCUT2D eigenvalue weighted by atomic mass is 32.2. The molecule has 1 rings (SSSR count). The first-order chi connectivity index (χ1) is 8.21. The number of aliphatic hydroxyl groups excluding tert-OH is 1. The fourth-order valence-electron chi connectivity index (χ4n) is 1.35. The molecule has 0 amide bonds. The largest absolute Gasteiger partial charge is 0.417 e. The van der Waals surface area contributed by atoms with E-state index in [4.69, 9.17) is 5.11 Å². The number of likely N-dealkylation sites (N-methyl/N-ethyl adjacent to an activating group) is 1. The van der Waals surface area contributed by atoms with Crippen LogP contribution in [0.25, 0.3) is 0 Å². The van der Waals surface area contributed by atoms with E-state index in [-0.39, 0.29) is 6.54 Å². The zero-order valence-corrected chi connectivity index (χ0v) is 10.3. The molecule has 0 unspecified atom stereocenters. The number of benzene rings is 1. The molecule has 0 saturated carbocycles. The maximum atomic E-state index is 12.7. The molecule has 0 radical (unpaired) electrons. The Bertz CT molecular complexity index is 513. The summed E-state index contributed by atoms with van der Waals surface area (Å²) in [5.41, 5.74) is -1.21. The summed E-state index contributed by atoms with van der Waals surface area (Å²) in [6.45, 7) is -0.738. The van der Waals surface area contributed by atoms with Crippen molar-refractivity contribution in [3.05, 3.63) is 29.8 Å². The van der Waals surface area contributed by atoms with E-state index in [1.54, 1.807) is 0 Å². The predicted octanol–water partition coefficient (Wildman–Crippen LogP) is 1.32. The van der Waals surface area contributed by atoms with Crippen molar-refractivity contribution < 1.29 is 26.7 Å². The monoisotopic (exact) mass is 283 g/mol. The summed E-state index contributed by atoms with van der Waals surface area (Å²) in [4.78, 5) is -0.812. The lowest BCUT2D eigenvalue weighted by Gasteiger charge is -2.19. The third-order valence-electron chi connectivity index (χ3n) is 2.30. The van der Waals surface area contributed by atoms with Crippen LogP contribution in [0.2, 0.25) is 0 Å². The van der Waals surface area contributed by atoms with Crippen LogP contribution < -0.4 is 0 Å². The summed E-state index contributed by atoms with van der Waals surface area (Å²) >= 11 is 0. The van der Waals surface area contributed by atoms with Gasteiger partial charge in [-0.3, -0.25) is 0 Å². The molecule has 0 aliphatic carbocycles. The summed E-state index contributed by atoms with van der Waals surface area (Å²) in [6, 6.07) is 3.94. The van der Waals surface area contributed by atoms with Crippen molar-refractivity contribution in [3.63, 3.8) is 0 Å². The highest BCUT2D eigenvalue weighted by Crippen LogP contribution is 2.34. The molecule has 1 aromatic rings. The van der Waals surface area contributed by atoms with Gasteiger partial charge in [0.1, 0.15) is 0 Å². The highest BCUT2D eigenvalue weighted by Gasteiger charge is 2.37. The van der Waals surface area contributed by atoms with Crippen LogP contribution in [0.4, 0.5) is 13.2 Å². The molecule has 0 aromatic heterocycles. The summed E-state index contributed by atoms with van der Waals surface area (Å²) in [5.74, 6) is 0. The maximum absolute atomic E-state index is 12.7. The standard InChI is InChI=1S/C10H12F3NO3S/c1-14(6-7-15)18(16,17)9-5-3-2-4-8(9)10(11,12)13/h2-5,15H,6-7H2,1H3. The zero-order chi connectivity index (χ0) is 14.0. The Morgan fingerprint density at radius 3 is 2.33 bits per heavy atom. The van der Waals surface area contributed by atoms with E-state index in [9.17, 15) is 21.6 Å². The second-order valence-electron chi connectivity index (χ2n) is 3.54. The average Bonchev–Trinajstić information content (AvgIpc) is 2.28. The van der Waals surface area contributed by atoms with E-state index >= 15 is 0 Å². The third kappa shape index (κ3) is 3.01. The Hall–Kier alpha value is -1.12. The lowest BCUT2D eigenvalue weighted by atomic mass is 10.2. The molecular formula is C10H12F3NO3S. The van der Waals surface area contributed by atoms with E-state index in [1.807, 2.05) is 0 Å². The number of aliphatic hydroxyl groups is 1. The van der Waals surface area contributed by atoms with E-state index in [2.05, 4.69) is 0 Å². The number of hydrogen-bond donors (Lipinski definition) is 1. The van der Waals surface area contributed by atoms with Crippen molar-refractivity contribution in [2.24, 2.45) is 0 Å². The van der Waals surface area contributed by atoms with Crippen LogP contribution in [0.15, 0.2) is 29.2 Å². The molecule has 0 aliphatic rings. The Labute approximate surface area is 103 Å². The van der Waals surface area contributed by atoms with Crippen molar-refractivity contribution in [2.45, 2.75) is 11.1 Å². The SMILES string of the molecule is CN(CCO)S(=O)(=O)c1ccccc1C(F)(F)F. The Morgan fingerprint density at radius 1 is 1.28 bits per heavy atom. The summed E-state index contributed by atoms with van der Waals surface area (Å²) in [6.07, 6.45) is -4.75. The number of halogens is 3. The maximum Gasteiger partial charge on any atom is 0.417 e. The van der Waals surface area contributed by atoms with Gasteiger partial charge in [-0.25, -0.2) is 8.42 Å². The molecule has 1 aromatic carbocycles. The minimum atomic E-state index is -4.75. The number of hydrogen-bond acceptors (Lipinski definition) is 3. The van der Waals surface area contributed by atoms with Crippen molar-refractivity contribution in [2.75, 3.05) is 20.2 Å². The molecule has 0 saturated heterocycles. The fraction of sp³-hybridized carbons (Fsp3) is 0.400. The highest BCUT2D eigenvalue weighted by molar-refractivity contribution is 7.89. The van der Waals surface area contributed by atoms with Crippen LogP contribution in [0.5, 0.6) is 0 Å². The van der Waals surface area contributed by atoms with Crippen molar-refractivity contribution in [1.29, 1.82) is 0 Å². The Morgan fingerprint density at radius 2 is 1.83 bits per heavy atom. The molecule has 102 valence electrons. The minimum Gasteiger partial charge on any atom is -0.395 e. The van der Waals surface area contributed by atoms with Gasteiger partial charge >= 0.3 is 6.18 Å². The van der Waals surface area contributed by atoms with Crippen LogP contribution in [-0.4, -0.2) is 38.0 Å². The van der Waals surface area contributed by atoms with Gasteiger partial charge in [0.15, 0.2) is 0 Å². The number of alkyl halides is 3. The average molecular weight is 283 g/mol. The van der Waals surface area contributed by atoms with Gasteiger partial charge in [0.2, 0.25) is 10.0 Å². The summed E-state index contributed by atoms with van der Waals surface area (Å²) < 4.78 is 62.6. The van der Waals surface area contributed by atoms with E-state index in [0.29, 0.717) is 10.4 Å². The van der Waals surface area contributed by atoms with Crippen LogP contribution >= 0.6 is 0 Å². The first kappa shape index (κ1) is 14.9. The third-order valence-corrected chi connectivity index (χ3v) is 4.21. The van der Waals surface area contributed by atoms with Crippen LogP contribution in [0.1, 0.15) is 5.56 Å². The normalized spacial score (nSPS) is 13.0. The van der Waals surface area contributed by atoms with Gasteiger partial charge in [0.05, 0.1) is 17.1 Å². The second-order valence-corrected chi connectivity index (χ2v) is 5.56. The van der Waals surface area contributed by atoms with Crippen molar-refractivity contribution in [3.8, 4) is 0 Å². The topological polar surface area (TPSA) is 57.6 Å². The first-order valence-corrected chi connectivity index (χ1v) is 6.38. The smallest absolute Gasteiger partial charge is 0.395 e. The lowest BCUT2D eigenvalue weighted by Crippen LogP contribution is -2.31. The van der Waals surface area contributed by atoms with Gasteiger partial charge in [0, 0.05) is 13.6 Å².